The van der Waals surface area contributed by atoms with Gasteiger partial charge in [0.25, 0.3) is 0 Å². The lowest BCUT2D eigenvalue weighted by Crippen LogP contribution is -2.53. The van der Waals surface area contributed by atoms with Crippen LogP contribution in [0, 0.1) is 11.3 Å². The molecule has 2 unspecified atom stereocenters. The normalized spacial score (nSPS) is 41.5. The van der Waals surface area contributed by atoms with Crippen LogP contribution in [-0.4, -0.2) is 23.1 Å². The molecule has 1 nitrogen and oxygen atoms in total. The third kappa shape index (κ3) is 2.04. The summed E-state index contributed by atoms with van der Waals surface area (Å²) in [7, 11) is 0. The van der Waals surface area contributed by atoms with Crippen molar-refractivity contribution in [3.8, 4) is 0 Å². The zero-order valence-electron chi connectivity index (χ0n) is 9.18. The van der Waals surface area contributed by atoms with Gasteiger partial charge in [0.1, 0.15) is 0 Å². The van der Waals surface area contributed by atoms with Crippen LogP contribution in [0.25, 0.3) is 0 Å². The van der Waals surface area contributed by atoms with Crippen molar-refractivity contribution in [1.82, 2.24) is 5.32 Å². The van der Waals surface area contributed by atoms with Crippen LogP contribution in [0.2, 0.25) is 0 Å². The molecule has 2 atom stereocenters. The molecule has 76 valence electrons. The standard InChI is InChI=1S/C11H21NS/c1-10(2)5-8(10)9-6-13-7-11(3,4)12-9/h8-9,12H,5-7H2,1-4H3. The Hall–Kier alpha value is 0.310. The van der Waals surface area contributed by atoms with E-state index in [1.807, 2.05) is 0 Å². The second kappa shape index (κ2) is 2.90. The molecule has 1 saturated carbocycles. The van der Waals surface area contributed by atoms with Gasteiger partial charge in [-0.05, 0) is 31.6 Å². The molecule has 2 fully saturated rings. The molecule has 13 heavy (non-hydrogen) atoms. The van der Waals surface area contributed by atoms with Crippen molar-refractivity contribution in [3.63, 3.8) is 0 Å². The first-order valence-electron chi connectivity index (χ1n) is 5.26. The molecule has 0 aromatic rings. The highest BCUT2D eigenvalue weighted by molar-refractivity contribution is 7.99. The number of hydrogen-bond donors (Lipinski definition) is 1. The second-order valence-corrected chi connectivity index (χ2v) is 6.98. The molecule has 1 aliphatic heterocycles. The predicted octanol–water partition coefficient (Wildman–Crippen LogP) is 2.52. The van der Waals surface area contributed by atoms with Gasteiger partial charge in [-0.3, -0.25) is 0 Å². The van der Waals surface area contributed by atoms with Gasteiger partial charge in [-0.2, -0.15) is 11.8 Å². The van der Waals surface area contributed by atoms with Gasteiger partial charge in [-0.1, -0.05) is 13.8 Å². The fourth-order valence-electron chi connectivity index (χ4n) is 2.44. The van der Waals surface area contributed by atoms with E-state index in [4.69, 9.17) is 0 Å². The summed E-state index contributed by atoms with van der Waals surface area (Å²) in [5.74, 6) is 3.51. The average Bonchev–Trinajstić information content (AvgIpc) is 2.58. The molecule has 0 spiro atoms. The van der Waals surface area contributed by atoms with E-state index >= 15 is 0 Å². The molecule has 0 aromatic carbocycles. The fraction of sp³-hybridized carbons (Fsp3) is 1.00. The van der Waals surface area contributed by atoms with E-state index < -0.39 is 0 Å². The molecule has 1 aliphatic carbocycles. The molecule has 0 amide bonds. The largest absolute Gasteiger partial charge is 0.307 e. The maximum Gasteiger partial charge on any atom is 0.0218 e. The van der Waals surface area contributed by atoms with E-state index in [0.717, 1.165) is 12.0 Å². The Morgan fingerprint density at radius 2 is 1.85 bits per heavy atom. The SMILES string of the molecule is CC1(C)CSCC(C2CC2(C)C)N1. The molecule has 0 aromatic heterocycles. The van der Waals surface area contributed by atoms with Gasteiger partial charge in [0.2, 0.25) is 0 Å². The monoisotopic (exact) mass is 199 g/mol. The van der Waals surface area contributed by atoms with Crippen LogP contribution in [0.5, 0.6) is 0 Å². The lowest BCUT2D eigenvalue weighted by atomic mass is 10.0. The van der Waals surface area contributed by atoms with Crippen molar-refractivity contribution in [1.29, 1.82) is 0 Å². The van der Waals surface area contributed by atoms with E-state index in [0.29, 0.717) is 11.0 Å². The molecular formula is C11H21NS. The molecule has 0 bridgehead atoms. The summed E-state index contributed by atoms with van der Waals surface area (Å²) in [6, 6.07) is 0.767. The fourth-order valence-corrected chi connectivity index (χ4v) is 3.72. The smallest absolute Gasteiger partial charge is 0.0218 e. The summed E-state index contributed by atoms with van der Waals surface area (Å²) in [6.45, 7) is 9.43. The van der Waals surface area contributed by atoms with Crippen molar-refractivity contribution in [2.45, 2.75) is 45.7 Å². The highest BCUT2D eigenvalue weighted by Crippen LogP contribution is 2.54. The lowest BCUT2D eigenvalue weighted by Gasteiger charge is -2.37. The first-order valence-corrected chi connectivity index (χ1v) is 6.42. The summed E-state index contributed by atoms with van der Waals surface area (Å²) in [5, 5.41) is 3.79. The van der Waals surface area contributed by atoms with Gasteiger partial charge < -0.3 is 5.32 Å². The van der Waals surface area contributed by atoms with Crippen LogP contribution in [0.1, 0.15) is 34.1 Å². The average molecular weight is 199 g/mol. The minimum atomic E-state index is 0.353. The Balaban J connectivity index is 1.95. The Bertz CT molecular complexity index is 210. The van der Waals surface area contributed by atoms with Gasteiger partial charge in [0.15, 0.2) is 0 Å². The summed E-state index contributed by atoms with van der Waals surface area (Å²) in [5.41, 5.74) is 0.970. The molecule has 1 saturated heterocycles. The van der Waals surface area contributed by atoms with E-state index in [9.17, 15) is 0 Å². The maximum atomic E-state index is 3.79. The first kappa shape index (κ1) is 9.85. The minimum absolute atomic E-state index is 0.353. The topological polar surface area (TPSA) is 12.0 Å². The summed E-state index contributed by atoms with van der Waals surface area (Å²) in [4.78, 5) is 0. The van der Waals surface area contributed by atoms with Gasteiger partial charge in [-0.15, -0.1) is 0 Å². The van der Waals surface area contributed by atoms with E-state index in [2.05, 4.69) is 44.8 Å². The van der Waals surface area contributed by atoms with Crippen molar-refractivity contribution in [2.75, 3.05) is 11.5 Å². The Labute approximate surface area is 86.0 Å². The molecule has 1 N–H and O–H groups in total. The van der Waals surface area contributed by atoms with Gasteiger partial charge in [0.05, 0.1) is 0 Å². The van der Waals surface area contributed by atoms with Crippen LogP contribution >= 0.6 is 11.8 Å². The van der Waals surface area contributed by atoms with Crippen LogP contribution in [0.4, 0.5) is 0 Å². The van der Waals surface area contributed by atoms with Crippen molar-refractivity contribution in [3.05, 3.63) is 0 Å². The van der Waals surface area contributed by atoms with Gasteiger partial charge in [0, 0.05) is 23.1 Å². The van der Waals surface area contributed by atoms with Crippen LogP contribution in [0.15, 0.2) is 0 Å². The Morgan fingerprint density at radius 3 is 2.31 bits per heavy atom. The third-order valence-electron chi connectivity index (χ3n) is 3.41. The number of nitrogens with one attached hydrogen (secondary N) is 1. The molecule has 0 radical (unpaired) electrons. The van der Waals surface area contributed by atoms with Crippen molar-refractivity contribution in [2.24, 2.45) is 11.3 Å². The van der Waals surface area contributed by atoms with E-state index in [1.165, 1.54) is 17.9 Å². The maximum absolute atomic E-state index is 3.79. The Kier molecular flexibility index (Phi) is 2.20. The van der Waals surface area contributed by atoms with E-state index in [-0.39, 0.29) is 0 Å². The first-order chi connectivity index (χ1) is 5.91. The minimum Gasteiger partial charge on any atom is -0.307 e. The zero-order chi connectivity index (χ0) is 9.69. The summed E-state index contributed by atoms with van der Waals surface area (Å²) in [6.07, 6.45) is 1.42. The lowest BCUT2D eigenvalue weighted by molar-refractivity contribution is 0.325. The Morgan fingerprint density at radius 1 is 1.23 bits per heavy atom. The highest BCUT2D eigenvalue weighted by atomic mass is 32.2. The van der Waals surface area contributed by atoms with E-state index in [1.54, 1.807) is 0 Å². The van der Waals surface area contributed by atoms with Gasteiger partial charge in [-0.25, -0.2) is 0 Å². The van der Waals surface area contributed by atoms with Crippen LogP contribution in [0.3, 0.4) is 0 Å². The second-order valence-electron chi connectivity index (χ2n) is 5.95. The van der Waals surface area contributed by atoms with Crippen LogP contribution < -0.4 is 5.32 Å². The molecule has 2 aliphatic rings. The number of rotatable bonds is 1. The zero-order valence-corrected chi connectivity index (χ0v) is 10.0. The molecule has 1 heterocycles. The summed E-state index contributed by atoms with van der Waals surface area (Å²) >= 11 is 2.12. The third-order valence-corrected chi connectivity index (χ3v) is 4.93. The molecular weight excluding hydrogens is 178 g/mol. The van der Waals surface area contributed by atoms with Crippen molar-refractivity contribution >= 4 is 11.8 Å². The summed E-state index contributed by atoms with van der Waals surface area (Å²) < 4.78 is 0. The van der Waals surface area contributed by atoms with Crippen molar-refractivity contribution < 1.29 is 0 Å². The molecule has 2 heteroatoms. The van der Waals surface area contributed by atoms with Gasteiger partial charge >= 0.3 is 0 Å². The number of thioether (sulfide) groups is 1. The molecule has 2 rings (SSSR count). The quantitative estimate of drug-likeness (QED) is 0.696. The predicted molar refractivity (Wildman–Crippen MR) is 60.2 cm³/mol. The highest BCUT2D eigenvalue weighted by Gasteiger charge is 2.51. The van der Waals surface area contributed by atoms with Crippen LogP contribution in [-0.2, 0) is 0 Å². The number of hydrogen-bond acceptors (Lipinski definition) is 2.